The third kappa shape index (κ3) is 4.79. The number of furan rings is 1. The summed E-state index contributed by atoms with van der Waals surface area (Å²) in [7, 11) is 0. The Kier molecular flexibility index (Phi) is 6.06. The third-order valence-corrected chi connectivity index (χ3v) is 6.40. The molecule has 0 aliphatic carbocycles. The van der Waals surface area contributed by atoms with Gasteiger partial charge in [0.25, 0.3) is 0 Å². The van der Waals surface area contributed by atoms with Crippen molar-refractivity contribution in [3.8, 4) is 0 Å². The van der Waals surface area contributed by atoms with E-state index in [1.165, 1.54) is 11.0 Å². The van der Waals surface area contributed by atoms with Gasteiger partial charge in [-0.1, -0.05) is 24.3 Å². The van der Waals surface area contributed by atoms with Gasteiger partial charge in [0.1, 0.15) is 11.4 Å². The van der Waals surface area contributed by atoms with Crippen LogP contribution in [-0.4, -0.2) is 65.9 Å². The largest absolute Gasteiger partial charge is 0.464 e. The van der Waals surface area contributed by atoms with Crippen LogP contribution < -0.4 is 4.90 Å². The zero-order chi connectivity index (χ0) is 24.6. The van der Waals surface area contributed by atoms with Crippen molar-refractivity contribution in [2.45, 2.75) is 12.6 Å². The van der Waals surface area contributed by atoms with Crippen LogP contribution in [0.25, 0.3) is 16.5 Å². The molecule has 7 nitrogen and oxygen atoms in total. The van der Waals surface area contributed by atoms with Crippen molar-refractivity contribution in [3.63, 3.8) is 0 Å². The number of nitrogens with zero attached hydrogens (tertiary/aromatic N) is 4. The molecule has 0 saturated carbocycles. The molecule has 0 radical (unpaired) electrons. The fourth-order valence-corrected chi connectivity index (χ4v) is 4.49. The van der Waals surface area contributed by atoms with Gasteiger partial charge in [-0.05, 0) is 30.2 Å². The number of pyridine rings is 1. The zero-order valence-electron chi connectivity index (χ0n) is 18.8. The molecule has 0 spiro atoms. The smallest absolute Gasteiger partial charge is 0.417 e. The Morgan fingerprint density at radius 1 is 1.09 bits per heavy atom. The van der Waals surface area contributed by atoms with Crippen LogP contribution in [0.3, 0.4) is 0 Å². The summed E-state index contributed by atoms with van der Waals surface area (Å²) >= 11 is 0. The lowest BCUT2D eigenvalue weighted by molar-refractivity contribution is -0.138. The number of halogens is 3. The summed E-state index contributed by atoms with van der Waals surface area (Å²) < 4.78 is 43.9. The van der Waals surface area contributed by atoms with Crippen LogP contribution in [0, 0.1) is 0 Å². The van der Waals surface area contributed by atoms with Gasteiger partial charge in [-0.25, -0.2) is 4.98 Å². The molecular weight excluding hydrogens is 461 g/mol. The predicted octanol–water partition coefficient (Wildman–Crippen LogP) is 3.81. The Morgan fingerprint density at radius 2 is 1.94 bits per heavy atom. The van der Waals surface area contributed by atoms with E-state index in [1.807, 2.05) is 30.3 Å². The van der Waals surface area contributed by atoms with Gasteiger partial charge in [0.15, 0.2) is 0 Å². The van der Waals surface area contributed by atoms with Gasteiger partial charge in [0.2, 0.25) is 11.8 Å². The van der Waals surface area contributed by atoms with E-state index in [1.54, 1.807) is 16.1 Å². The second-order valence-corrected chi connectivity index (χ2v) is 8.62. The Morgan fingerprint density at radius 3 is 2.63 bits per heavy atom. The lowest BCUT2D eigenvalue weighted by atomic mass is 9.98. The minimum atomic E-state index is -4.48. The third-order valence-electron chi connectivity index (χ3n) is 6.40. The normalized spacial score (nSPS) is 17.7. The fourth-order valence-electron chi connectivity index (χ4n) is 4.49. The number of rotatable bonds is 4. The monoisotopic (exact) mass is 484 g/mol. The number of piperazine rings is 1. The van der Waals surface area contributed by atoms with E-state index in [2.05, 4.69) is 4.98 Å². The number of alkyl halides is 3. The fraction of sp³-hybridized carbons (Fsp3) is 0.320. The summed E-state index contributed by atoms with van der Waals surface area (Å²) in [6, 6.07) is 10.0. The number of hydrogen-bond acceptors (Lipinski definition) is 5. The Bertz CT molecular complexity index is 1280. The van der Waals surface area contributed by atoms with Gasteiger partial charge in [0.05, 0.1) is 24.9 Å². The van der Waals surface area contributed by atoms with Crippen LogP contribution >= 0.6 is 0 Å². The second-order valence-electron chi connectivity index (χ2n) is 8.62. The molecule has 2 aromatic heterocycles. The minimum Gasteiger partial charge on any atom is -0.464 e. The molecule has 3 aromatic rings. The van der Waals surface area contributed by atoms with Crippen LogP contribution in [0.1, 0.15) is 17.5 Å². The Balaban J connectivity index is 1.17. The molecule has 182 valence electrons. The first-order valence-electron chi connectivity index (χ1n) is 11.3. The summed E-state index contributed by atoms with van der Waals surface area (Å²) in [5.74, 6) is -0.191. The van der Waals surface area contributed by atoms with Gasteiger partial charge >= 0.3 is 6.18 Å². The molecule has 0 unspecified atom stereocenters. The highest BCUT2D eigenvalue weighted by molar-refractivity contribution is 5.95. The van der Waals surface area contributed by atoms with Crippen LogP contribution in [0.2, 0.25) is 0 Å². The first kappa shape index (κ1) is 23.1. The molecule has 2 aliphatic rings. The van der Waals surface area contributed by atoms with Gasteiger partial charge in [-0.15, -0.1) is 0 Å². The predicted molar refractivity (Wildman–Crippen MR) is 123 cm³/mol. The van der Waals surface area contributed by atoms with Crippen molar-refractivity contribution in [3.05, 3.63) is 66.1 Å². The molecule has 2 amide bonds. The van der Waals surface area contributed by atoms with Gasteiger partial charge in [0, 0.05) is 43.3 Å². The molecular formula is C25H23F3N4O3. The maximum absolute atomic E-state index is 12.9. The van der Waals surface area contributed by atoms with E-state index in [4.69, 9.17) is 4.42 Å². The van der Waals surface area contributed by atoms with Gasteiger partial charge in [-0.2, -0.15) is 13.2 Å². The van der Waals surface area contributed by atoms with E-state index in [9.17, 15) is 22.8 Å². The number of hydrogen-bond donors (Lipinski definition) is 0. The number of para-hydroxylation sites is 1. The molecule has 0 atom stereocenters. The van der Waals surface area contributed by atoms with Crippen molar-refractivity contribution in [2.75, 3.05) is 44.2 Å². The van der Waals surface area contributed by atoms with Crippen molar-refractivity contribution in [1.29, 1.82) is 0 Å². The topological polar surface area (TPSA) is 69.9 Å². The highest BCUT2D eigenvalue weighted by Gasteiger charge is 2.32. The van der Waals surface area contributed by atoms with Crippen LogP contribution in [0.15, 0.2) is 59.4 Å². The lowest BCUT2D eigenvalue weighted by Crippen LogP contribution is -2.53. The zero-order valence-corrected chi connectivity index (χ0v) is 18.8. The highest BCUT2D eigenvalue weighted by atomic mass is 19.4. The highest BCUT2D eigenvalue weighted by Crippen LogP contribution is 2.31. The molecule has 4 heterocycles. The molecule has 2 aliphatic heterocycles. The van der Waals surface area contributed by atoms with E-state index in [0.29, 0.717) is 26.1 Å². The van der Waals surface area contributed by atoms with Crippen LogP contribution in [-0.2, 0) is 15.8 Å². The molecule has 10 heteroatoms. The SMILES string of the molecule is O=C(CN1CCN(c2ccc(C(F)(F)F)cn2)C(=O)C1)N1CC=C(c2cccc3ccoc23)CC1. The number of anilines is 1. The van der Waals surface area contributed by atoms with Crippen molar-refractivity contribution in [2.24, 2.45) is 0 Å². The first-order chi connectivity index (χ1) is 16.8. The Labute approximate surface area is 199 Å². The molecule has 1 fully saturated rings. The van der Waals surface area contributed by atoms with Gasteiger partial charge in [-0.3, -0.25) is 19.4 Å². The van der Waals surface area contributed by atoms with E-state index >= 15 is 0 Å². The average molecular weight is 484 g/mol. The summed E-state index contributed by atoms with van der Waals surface area (Å²) in [5.41, 5.74) is 2.16. The standard InChI is InChI=1S/C25H23F3N4O3/c26-25(27,28)19-4-5-21(29-14-19)32-12-11-30(16-23(32)34)15-22(33)31-9-6-17(7-10-31)20-3-1-2-18-8-13-35-24(18)20/h1-6,8,13-14H,7,9-12,15-16H2. The molecule has 1 saturated heterocycles. The maximum Gasteiger partial charge on any atom is 0.417 e. The van der Waals surface area contributed by atoms with E-state index < -0.39 is 11.7 Å². The number of carbonyl (C=O) groups is 2. The van der Waals surface area contributed by atoms with Crippen molar-refractivity contribution < 1.29 is 27.2 Å². The average Bonchev–Trinajstić information content (AvgIpc) is 3.33. The van der Waals surface area contributed by atoms with Crippen LogP contribution in [0.4, 0.5) is 19.0 Å². The molecule has 0 bridgehead atoms. The molecule has 35 heavy (non-hydrogen) atoms. The number of benzene rings is 1. The summed E-state index contributed by atoms with van der Waals surface area (Å²) in [5, 5.41) is 1.04. The summed E-state index contributed by atoms with van der Waals surface area (Å²) in [6.45, 7) is 1.85. The second kappa shape index (κ2) is 9.18. The summed E-state index contributed by atoms with van der Waals surface area (Å²) in [6.07, 6.45) is 0.659. The quantitative estimate of drug-likeness (QED) is 0.563. The minimum absolute atomic E-state index is 0.00383. The molecule has 5 rings (SSSR count). The first-order valence-corrected chi connectivity index (χ1v) is 11.3. The van der Waals surface area contributed by atoms with Crippen molar-refractivity contribution >= 4 is 34.2 Å². The van der Waals surface area contributed by atoms with E-state index in [0.717, 1.165) is 34.4 Å². The van der Waals surface area contributed by atoms with Crippen LogP contribution in [0.5, 0.6) is 0 Å². The van der Waals surface area contributed by atoms with E-state index in [-0.39, 0.29) is 37.3 Å². The Hall–Kier alpha value is -3.66. The number of amides is 2. The molecule has 1 aromatic carbocycles. The van der Waals surface area contributed by atoms with Gasteiger partial charge < -0.3 is 9.32 Å². The molecule has 0 N–H and O–H groups in total. The number of fused-ring (bicyclic) bond motifs is 1. The number of aromatic nitrogens is 1. The maximum atomic E-state index is 12.9. The lowest BCUT2D eigenvalue weighted by Gasteiger charge is -2.35. The summed E-state index contributed by atoms with van der Waals surface area (Å²) in [4.78, 5) is 34.2. The number of carbonyl (C=O) groups excluding carboxylic acids is 2. The van der Waals surface area contributed by atoms with Crippen molar-refractivity contribution in [1.82, 2.24) is 14.8 Å².